The molecule has 1 fully saturated rings. The highest BCUT2D eigenvalue weighted by molar-refractivity contribution is 8.16. The number of halogens is 3. The van der Waals surface area contributed by atoms with E-state index in [0.717, 1.165) is 12.1 Å². The minimum absolute atomic E-state index is 0.0374. The molecular weight excluding hydrogens is 547 g/mol. The van der Waals surface area contributed by atoms with Crippen LogP contribution >= 0.6 is 11.8 Å². The van der Waals surface area contributed by atoms with Gasteiger partial charge in [0.05, 0.1) is 47.9 Å². The van der Waals surface area contributed by atoms with Gasteiger partial charge in [-0.1, -0.05) is 23.9 Å². The van der Waals surface area contributed by atoms with Gasteiger partial charge in [0.1, 0.15) is 0 Å². The molecule has 0 bridgehead atoms. The second-order valence-corrected chi connectivity index (χ2v) is 10.9. The highest BCUT2D eigenvalue weighted by Gasteiger charge is 2.42. The van der Waals surface area contributed by atoms with Gasteiger partial charge in [0, 0.05) is 18.8 Å². The van der Waals surface area contributed by atoms with E-state index in [4.69, 9.17) is 9.47 Å². The number of thioether (sulfide) groups is 1. The number of ether oxygens (including phenoxy) is 2. The third kappa shape index (κ3) is 6.37. The van der Waals surface area contributed by atoms with Crippen LogP contribution in [0.15, 0.2) is 51.6 Å². The van der Waals surface area contributed by atoms with E-state index in [2.05, 4.69) is 4.99 Å². The summed E-state index contributed by atoms with van der Waals surface area (Å²) in [5.41, 5.74) is 0.758. The number of likely N-dealkylation sites (tertiary alicyclic amines) is 1. The van der Waals surface area contributed by atoms with Crippen molar-refractivity contribution >= 4 is 34.8 Å². The Balaban J connectivity index is 1.64. The van der Waals surface area contributed by atoms with Gasteiger partial charge in [-0.25, -0.2) is 9.79 Å². The van der Waals surface area contributed by atoms with Gasteiger partial charge in [0.2, 0.25) is 5.91 Å². The van der Waals surface area contributed by atoms with Crippen molar-refractivity contribution in [2.24, 2.45) is 10.9 Å². The molecule has 1 aromatic carbocycles. The molecule has 0 unspecified atom stereocenters. The Labute approximate surface area is 235 Å². The lowest BCUT2D eigenvalue weighted by Gasteiger charge is -2.37. The SMILES string of the molecule is CCOC(=O)[C@H]1CCCN(C(=O)CC2=CSC3=NC(C)=C(C(=O)OC(C)C)[C@@H](c4ccc(C(F)(F)F)cc4)N23)C1. The summed E-state index contributed by atoms with van der Waals surface area (Å²) >= 11 is 1.28. The van der Waals surface area contributed by atoms with Crippen molar-refractivity contribution in [3.8, 4) is 0 Å². The van der Waals surface area contributed by atoms with Crippen LogP contribution in [0.4, 0.5) is 13.2 Å². The van der Waals surface area contributed by atoms with Crippen LogP contribution in [-0.2, 0) is 30.0 Å². The first kappa shape index (κ1) is 29.7. The highest BCUT2D eigenvalue weighted by Crippen LogP contribution is 2.45. The van der Waals surface area contributed by atoms with Crippen molar-refractivity contribution in [2.45, 2.75) is 65.3 Å². The van der Waals surface area contributed by atoms with E-state index in [9.17, 15) is 27.6 Å². The van der Waals surface area contributed by atoms with Crippen LogP contribution in [0.3, 0.4) is 0 Å². The van der Waals surface area contributed by atoms with Gasteiger partial charge in [-0.2, -0.15) is 13.2 Å². The zero-order chi connectivity index (χ0) is 29.2. The van der Waals surface area contributed by atoms with Crippen molar-refractivity contribution in [2.75, 3.05) is 19.7 Å². The van der Waals surface area contributed by atoms with Gasteiger partial charge in [-0.05, 0) is 63.6 Å². The molecule has 0 saturated carbocycles. The number of carbonyl (C=O) groups is 3. The largest absolute Gasteiger partial charge is 0.466 e. The molecule has 4 rings (SSSR count). The number of hydrogen-bond donors (Lipinski definition) is 0. The Bertz CT molecular complexity index is 1260. The molecule has 0 N–H and O–H groups in total. The zero-order valence-corrected chi connectivity index (χ0v) is 23.6. The molecule has 1 amide bonds. The first-order valence-corrected chi connectivity index (χ1v) is 14.1. The van der Waals surface area contributed by atoms with Crippen LogP contribution in [0.25, 0.3) is 0 Å². The second kappa shape index (κ2) is 12.1. The second-order valence-electron chi connectivity index (χ2n) is 10.1. The number of rotatable bonds is 7. The molecule has 216 valence electrons. The lowest BCUT2D eigenvalue weighted by atomic mass is 9.93. The standard InChI is InChI=1S/C28H32F3N3O5S/c1-5-38-25(36)19-7-6-12-33(14-19)22(35)13-21-15-40-27-32-17(4)23(26(37)39-16(2)3)24(34(21)27)18-8-10-20(11-9-18)28(29,30)31/h8-11,15-16,19,24H,5-7,12-14H2,1-4H3/t19-,24+/m0/s1. The maximum Gasteiger partial charge on any atom is 0.416 e. The fourth-order valence-corrected chi connectivity index (χ4v) is 5.97. The fraction of sp³-hybridized carbons (Fsp3) is 0.500. The van der Waals surface area contributed by atoms with E-state index >= 15 is 0 Å². The van der Waals surface area contributed by atoms with Gasteiger partial charge in [0.15, 0.2) is 5.17 Å². The molecule has 0 spiro atoms. The van der Waals surface area contributed by atoms with E-state index in [1.54, 1.807) is 42.9 Å². The molecule has 3 aliphatic rings. The maximum absolute atomic E-state index is 13.4. The van der Waals surface area contributed by atoms with Crippen LogP contribution in [0, 0.1) is 5.92 Å². The number of amides is 1. The first-order chi connectivity index (χ1) is 18.9. The van der Waals surface area contributed by atoms with E-state index in [-0.39, 0.29) is 42.9 Å². The zero-order valence-electron chi connectivity index (χ0n) is 22.8. The minimum atomic E-state index is -4.51. The number of piperidine rings is 1. The summed E-state index contributed by atoms with van der Waals surface area (Å²) in [6.45, 7) is 7.83. The predicted octanol–water partition coefficient (Wildman–Crippen LogP) is 5.42. The van der Waals surface area contributed by atoms with Crippen LogP contribution in [0.2, 0.25) is 0 Å². The number of fused-ring (bicyclic) bond motifs is 1. The number of carbonyl (C=O) groups excluding carboxylic acids is 3. The minimum Gasteiger partial charge on any atom is -0.466 e. The Kier molecular flexibility index (Phi) is 8.96. The summed E-state index contributed by atoms with van der Waals surface area (Å²) in [5.74, 6) is -1.54. The van der Waals surface area contributed by atoms with Crippen molar-refractivity contribution in [3.05, 3.63) is 57.8 Å². The number of aliphatic imine (C=N–C) groups is 1. The Morgan fingerprint density at radius 1 is 1.18 bits per heavy atom. The van der Waals surface area contributed by atoms with Gasteiger partial charge in [0.25, 0.3) is 0 Å². The molecule has 0 aromatic heterocycles. The van der Waals surface area contributed by atoms with Crippen molar-refractivity contribution in [1.29, 1.82) is 0 Å². The topological polar surface area (TPSA) is 88.5 Å². The van der Waals surface area contributed by atoms with Crippen molar-refractivity contribution in [1.82, 2.24) is 9.80 Å². The average Bonchev–Trinajstić information content (AvgIpc) is 3.28. The number of benzene rings is 1. The maximum atomic E-state index is 13.4. The number of nitrogens with zero attached hydrogens (tertiary/aromatic N) is 3. The summed E-state index contributed by atoms with van der Waals surface area (Å²) in [4.78, 5) is 46.9. The number of amidine groups is 1. The van der Waals surface area contributed by atoms with Crippen LogP contribution in [0.1, 0.15) is 64.1 Å². The molecule has 3 aliphatic heterocycles. The Morgan fingerprint density at radius 2 is 1.88 bits per heavy atom. The normalized spacial score (nSPS) is 21.2. The molecular formula is C28H32F3N3O5S. The summed E-state index contributed by atoms with van der Waals surface area (Å²) < 4.78 is 50.5. The molecule has 8 nitrogen and oxygen atoms in total. The smallest absolute Gasteiger partial charge is 0.416 e. The first-order valence-electron chi connectivity index (χ1n) is 13.2. The van der Waals surface area contributed by atoms with E-state index in [1.807, 2.05) is 0 Å². The molecule has 2 atom stereocenters. The monoisotopic (exact) mass is 579 g/mol. The summed E-state index contributed by atoms with van der Waals surface area (Å²) in [6, 6.07) is 3.78. The molecule has 0 aliphatic carbocycles. The summed E-state index contributed by atoms with van der Waals surface area (Å²) in [6.07, 6.45) is -3.67. The molecule has 40 heavy (non-hydrogen) atoms. The van der Waals surface area contributed by atoms with Crippen LogP contribution in [-0.4, -0.2) is 58.6 Å². The summed E-state index contributed by atoms with van der Waals surface area (Å²) in [7, 11) is 0. The third-order valence-electron chi connectivity index (χ3n) is 6.84. The summed E-state index contributed by atoms with van der Waals surface area (Å²) in [5, 5.41) is 2.28. The molecule has 12 heteroatoms. The molecule has 0 radical (unpaired) electrons. The van der Waals surface area contributed by atoms with Crippen molar-refractivity contribution in [3.63, 3.8) is 0 Å². The number of allylic oxidation sites excluding steroid dienone is 1. The van der Waals surface area contributed by atoms with E-state index in [0.29, 0.717) is 41.5 Å². The molecule has 1 aromatic rings. The van der Waals surface area contributed by atoms with Crippen LogP contribution < -0.4 is 0 Å². The lowest BCUT2D eigenvalue weighted by Crippen LogP contribution is -2.44. The van der Waals surface area contributed by atoms with Crippen LogP contribution in [0.5, 0.6) is 0 Å². The molecule has 1 saturated heterocycles. The Hall–Kier alpha value is -3.28. The number of esters is 2. The van der Waals surface area contributed by atoms with E-state index < -0.39 is 29.9 Å². The highest BCUT2D eigenvalue weighted by atomic mass is 32.2. The van der Waals surface area contributed by atoms with Crippen molar-refractivity contribution < 1.29 is 37.0 Å². The number of hydrogen-bond acceptors (Lipinski definition) is 8. The third-order valence-corrected chi connectivity index (χ3v) is 7.73. The average molecular weight is 580 g/mol. The van der Waals surface area contributed by atoms with Gasteiger partial charge in [-0.15, -0.1) is 0 Å². The fourth-order valence-electron chi connectivity index (χ4n) is 5.00. The Morgan fingerprint density at radius 3 is 2.50 bits per heavy atom. The van der Waals surface area contributed by atoms with Gasteiger partial charge < -0.3 is 19.3 Å². The number of alkyl halides is 3. The molecule has 3 heterocycles. The quantitative estimate of drug-likeness (QED) is 0.399. The predicted molar refractivity (Wildman–Crippen MR) is 144 cm³/mol. The van der Waals surface area contributed by atoms with Gasteiger partial charge >= 0.3 is 18.1 Å². The van der Waals surface area contributed by atoms with Gasteiger partial charge in [-0.3, -0.25) is 9.59 Å². The lowest BCUT2D eigenvalue weighted by molar-refractivity contribution is -0.151. The van der Waals surface area contributed by atoms with E-state index in [1.165, 1.54) is 23.9 Å².